The molecule has 114 valence electrons. The molecular weight excluding hydrogens is 304 g/mol. The van der Waals surface area contributed by atoms with E-state index in [1.165, 1.54) is 7.11 Å². The molecule has 2 aromatic rings. The van der Waals surface area contributed by atoms with Crippen LogP contribution < -0.4 is 0 Å². The SMILES string of the molecule is COC(=O)C1=C(O)CC(c2cccc3cccc(Cl)c23)OC1. The molecule has 1 heterocycles. The Bertz CT molecular complexity index is 761. The van der Waals surface area contributed by atoms with Crippen molar-refractivity contribution in [3.63, 3.8) is 0 Å². The summed E-state index contributed by atoms with van der Waals surface area (Å²) < 4.78 is 10.4. The van der Waals surface area contributed by atoms with E-state index in [4.69, 9.17) is 16.3 Å². The Labute approximate surface area is 132 Å². The third-order valence-electron chi connectivity index (χ3n) is 3.82. The lowest BCUT2D eigenvalue weighted by Gasteiger charge is -2.25. The Morgan fingerprint density at radius 3 is 2.73 bits per heavy atom. The Hall–Kier alpha value is -2.04. The van der Waals surface area contributed by atoms with Gasteiger partial charge in [-0.05, 0) is 17.0 Å². The van der Waals surface area contributed by atoms with Gasteiger partial charge in [-0.15, -0.1) is 0 Å². The number of carbonyl (C=O) groups excluding carboxylic acids is 1. The molecule has 0 aliphatic carbocycles. The van der Waals surface area contributed by atoms with Gasteiger partial charge in [-0.2, -0.15) is 0 Å². The quantitative estimate of drug-likeness (QED) is 0.852. The Morgan fingerprint density at radius 2 is 2.05 bits per heavy atom. The van der Waals surface area contributed by atoms with Crippen LogP contribution in [0.5, 0.6) is 0 Å². The van der Waals surface area contributed by atoms with Crippen LogP contribution in [0.2, 0.25) is 5.02 Å². The summed E-state index contributed by atoms with van der Waals surface area (Å²) in [7, 11) is 1.28. The summed E-state index contributed by atoms with van der Waals surface area (Å²) >= 11 is 6.32. The molecule has 3 rings (SSSR count). The van der Waals surface area contributed by atoms with Gasteiger partial charge < -0.3 is 14.6 Å². The predicted octanol–water partition coefficient (Wildman–Crippen LogP) is 3.94. The zero-order valence-corrected chi connectivity index (χ0v) is 12.8. The monoisotopic (exact) mass is 318 g/mol. The molecule has 0 fully saturated rings. The summed E-state index contributed by atoms with van der Waals surface area (Å²) in [4.78, 5) is 11.5. The highest BCUT2D eigenvalue weighted by atomic mass is 35.5. The lowest BCUT2D eigenvalue weighted by molar-refractivity contribution is -0.137. The Balaban J connectivity index is 2.01. The molecule has 0 amide bonds. The fourth-order valence-corrected chi connectivity index (χ4v) is 3.01. The van der Waals surface area contributed by atoms with Crippen LogP contribution in [0.25, 0.3) is 10.8 Å². The van der Waals surface area contributed by atoms with Crippen molar-refractivity contribution in [1.29, 1.82) is 0 Å². The maximum atomic E-state index is 11.5. The van der Waals surface area contributed by atoms with E-state index in [1.807, 2.05) is 36.4 Å². The van der Waals surface area contributed by atoms with Crippen LogP contribution in [0.3, 0.4) is 0 Å². The number of hydrogen-bond donors (Lipinski definition) is 1. The van der Waals surface area contributed by atoms with Crippen LogP contribution in [0.1, 0.15) is 18.1 Å². The van der Waals surface area contributed by atoms with Crippen LogP contribution in [0.15, 0.2) is 47.7 Å². The fourth-order valence-electron chi connectivity index (χ4n) is 2.72. The van der Waals surface area contributed by atoms with Crippen molar-refractivity contribution in [3.8, 4) is 0 Å². The van der Waals surface area contributed by atoms with Gasteiger partial charge in [0.2, 0.25) is 0 Å². The number of benzene rings is 2. The average Bonchev–Trinajstić information content (AvgIpc) is 2.54. The number of hydrogen-bond acceptors (Lipinski definition) is 4. The molecule has 4 nitrogen and oxygen atoms in total. The van der Waals surface area contributed by atoms with Gasteiger partial charge in [0.1, 0.15) is 11.3 Å². The first-order valence-electron chi connectivity index (χ1n) is 6.90. The maximum absolute atomic E-state index is 11.5. The molecule has 1 aliphatic rings. The number of halogens is 1. The minimum Gasteiger partial charge on any atom is -0.512 e. The first-order chi connectivity index (χ1) is 10.6. The van der Waals surface area contributed by atoms with Gasteiger partial charge in [-0.3, -0.25) is 0 Å². The third kappa shape index (κ3) is 2.56. The summed E-state index contributed by atoms with van der Waals surface area (Å²) in [6.45, 7) is 0.0179. The average molecular weight is 319 g/mol. The molecule has 1 atom stereocenters. The summed E-state index contributed by atoms with van der Waals surface area (Å²) in [5, 5.41) is 12.7. The van der Waals surface area contributed by atoms with E-state index in [0.717, 1.165) is 16.3 Å². The summed E-state index contributed by atoms with van der Waals surface area (Å²) in [5.41, 5.74) is 1.07. The number of methoxy groups -OCH3 is 1. The van der Waals surface area contributed by atoms with E-state index in [9.17, 15) is 9.90 Å². The molecule has 1 aliphatic heterocycles. The molecule has 0 aromatic heterocycles. The fraction of sp³-hybridized carbons (Fsp3) is 0.235. The van der Waals surface area contributed by atoms with Crippen LogP contribution in [0.4, 0.5) is 0 Å². The molecule has 0 spiro atoms. The van der Waals surface area contributed by atoms with Crippen LogP contribution in [-0.4, -0.2) is 24.8 Å². The number of aliphatic hydroxyl groups is 1. The second-order valence-corrected chi connectivity index (χ2v) is 5.51. The molecule has 0 saturated heterocycles. The van der Waals surface area contributed by atoms with Gasteiger partial charge in [0, 0.05) is 16.8 Å². The Kier molecular flexibility index (Phi) is 4.05. The number of carbonyl (C=O) groups is 1. The van der Waals surface area contributed by atoms with Crippen molar-refractivity contribution < 1.29 is 19.4 Å². The van der Waals surface area contributed by atoms with E-state index in [1.54, 1.807) is 0 Å². The van der Waals surface area contributed by atoms with Crippen molar-refractivity contribution >= 4 is 28.3 Å². The number of rotatable bonds is 2. The van der Waals surface area contributed by atoms with Gasteiger partial charge in [0.15, 0.2) is 0 Å². The molecule has 0 radical (unpaired) electrons. The minimum absolute atomic E-state index is 0.00663. The van der Waals surface area contributed by atoms with Crippen LogP contribution in [0, 0.1) is 0 Å². The highest BCUT2D eigenvalue weighted by Crippen LogP contribution is 2.37. The summed E-state index contributed by atoms with van der Waals surface area (Å²) in [5.74, 6) is -0.556. The molecular formula is C17H15ClO4. The second kappa shape index (κ2) is 5.99. The van der Waals surface area contributed by atoms with Crippen LogP contribution in [-0.2, 0) is 14.3 Å². The molecule has 1 unspecified atom stereocenters. The minimum atomic E-state index is -0.563. The van der Waals surface area contributed by atoms with E-state index in [0.29, 0.717) is 5.02 Å². The number of ether oxygens (including phenoxy) is 2. The van der Waals surface area contributed by atoms with Crippen molar-refractivity contribution in [1.82, 2.24) is 0 Å². The van der Waals surface area contributed by atoms with E-state index in [2.05, 4.69) is 4.74 Å². The first kappa shape index (κ1) is 14.9. The summed E-state index contributed by atoms with van der Waals surface area (Å²) in [6, 6.07) is 11.5. The van der Waals surface area contributed by atoms with E-state index >= 15 is 0 Å². The van der Waals surface area contributed by atoms with Crippen LogP contribution >= 0.6 is 11.6 Å². The molecule has 0 saturated carbocycles. The van der Waals surface area contributed by atoms with Crippen molar-refractivity contribution in [2.45, 2.75) is 12.5 Å². The van der Waals surface area contributed by atoms with Gasteiger partial charge >= 0.3 is 5.97 Å². The highest BCUT2D eigenvalue weighted by molar-refractivity contribution is 6.35. The smallest absolute Gasteiger partial charge is 0.339 e. The van der Waals surface area contributed by atoms with Gasteiger partial charge in [-0.25, -0.2) is 4.79 Å². The zero-order chi connectivity index (χ0) is 15.7. The largest absolute Gasteiger partial charge is 0.512 e. The molecule has 2 aromatic carbocycles. The molecule has 5 heteroatoms. The molecule has 1 N–H and O–H groups in total. The van der Waals surface area contributed by atoms with E-state index < -0.39 is 5.97 Å². The highest BCUT2D eigenvalue weighted by Gasteiger charge is 2.28. The molecule has 0 bridgehead atoms. The van der Waals surface area contributed by atoms with Crippen molar-refractivity contribution in [2.24, 2.45) is 0 Å². The number of aliphatic hydroxyl groups excluding tert-OH is 1. The van der Waals surface area contributed by atoms with Crippen molar-refractivity contribution in [3.05, 3.63) is 58.3 Å². The number of fused-ring (bicyclic) bond motifs is 1. The third-order valence-corrected chi connectivity index (χ3v) is 4.14. The predicted molar refractivity (Wildman–Crippen MR) is 83.9 cm³/mol. The van der Waals surface area contributed by atoms with Gasteiger partial charge in [0.05, 0.1) is 19.8 Å². The van der Waals surface area contributed by atoms with Gasteiger partial charge in [-0.1, -0.05) is 41.9 Å². The molecule has 22 heavy (non-hydrogen) atoms. The van der Waals surface area contributed by atoms with Gasteiger partial charge in [0.25, 0.3) is 0 Å². The Morgan fingerprint density at radius 1 is 1.32 bits per heavy atom. The number of esters is 1. The van der Waals surface area contributed by atoms with Crippen molar-refractivity contribution in [2.75, 3.05) is 13.7 Å². The normalized spacial score (nSPS) is 18.5. The topological polar surface area (TPSA) is 55.8 Å². The zero-order valence-electron chi connectivity index (χ0n) is 12.0. The maximum Gasteiger partial charge on any atom is 0.339 e. The first-order valence-corrected chi connectivity index (χ1v) is 7.27. The lowest BCUT2D eigenvalue weighted by atomic mass is 9.95. The second-order valence-electron chi connectivity index (χ2n) is 5.11. The summed E-state index contributed by atoms with van der Waals surface area (Å²) in [6.07, 6.45) is -0.133. The van der Waals surface area contributed by atoms with E-state index in [-0.39, 0.29) is 30.5 Å². The lowest BCUT2D eigenvalue weighted by Crippen LogP contribution is -2.22. The standard InChI is InChI=1S/C17H15ClO4/c1-21-17(20)12-9-22-15(8-14(12)19)11-6-2-4-10-5-3-7-13(18)16(10)11/h2-7,15,19H,8-9H2,1H3.